The average Bonchev–Trinajstić information content (AvgIpc) is 3.57. The molecule has 0 radical (unpaired) electrons. The number of hydrogen-bond donors (Lipinski definition) is 3. The van der Waals surface area contributed by atoms with Crippen LogP contribution in [0.5, 0.6) is 5.75 Å². The minimum absolute atomic E-state index is 0.0379. The lowest BCUT2D eigenvalue weighted by molar-refractivity contribution is 0.0387. The highest BCUT2D eigenvalue weighted by Crippen LogP contribution is 2.31. The first-order valence-electron chi connectivity index (χ1n) is 12.7. The van der Waals surface area contributed by atoms with E-state index in [1.54, 1.807) is 55.3 Å². The predicted octanol–water partition coefficient (Wildman–Crippen LogP) is 3.54. The topological polar surface area (TPSA) is 154 Å². The fourth-order valence-corrected chi connectivity index (χ4v) is 6.75. The van der Waals surface area contributed by atoms with Crippen molar-refractivity contribution in [2.75, 3.05) is 37.4 Å². The van der Waals surface area contributed by atoms with Crippen molar-refractivity contribution in [1.29, 1.82) is 0 Å². The molecule has 0 bridgehead atoms. The molecule has 0 unspecified atom stereocenters. The third kappa shape index (κ3) is 6.14. The summed E-state index contributed by atoms with van der Waals surface area (Å²) in [6, 6.07) is 6.83. The van der Waals surface area contributed by atoms with Crippen molar-refractivity contribution < 1.29 is 32.4 Å². The number of likely N-dealkylation sites (N-methyl/N-ethyl adjacent to an activating group) is 1. The number of rotatable bonds is 8. The fourth-order valence-electron chi connectivity index (χ4n) is 4.37. The van der Waals surface area contributed by atoms with Gasteiger partial charge in [0.1, 0.15) is 27.4 Å². The number of hydrogen-bond acceptors (Lipinski definition) is 9. The number of carbonyl (C=O) groups excluding carboxylic acids is 2. The number of thiophene rings is 1. The highest BCUT2D eigenvalue weighted by Gasteiger charge is 2.35. The van der Waals surface area contributed by atoms with Crippen LogP contribution in [0.2, 0.25) is 0 Å². The van der Waals surface area contributed by atoms with E-state index < -0.39 is 28.2 Å². The van der Waals surface area contributed by atoms with Gasteiger partial charge in [0.15, 0.2) is 5.76 Å². The number of nitrogens with zero attached hydrogens (tertiary/aromatic N) is 3. The van der Waals surface area contributed by atoms with Crippen LogP contribution in [-0.2, 0) is 10.0 Å². The smallest absolute Gasteiger partial charge is 0.323 e. The fraction of sp³-hybridized carbons (Fsp3) is 0.423. The molecule has 3 heterocycles. The number of aliphatic hydroxyl groups is 1. The number of urea groups is 1. The van der Waals surface area contributed by atoms with Crippen molar-refractivity contribution in [1.82, 2.24) is 14.4 Å². The van der Waals surface area contributed by atoms with Crippen LogP contribution >= 0.6 is 11.3 Å². The first-order valence-corrected chi connectivity index (χ1v) is 15.0. The van der Waals surface area contributed by atoms with E-state index in [1.807, 2.05) is 6.92 Å². The van der Waals surface area contributed by atoms with Gasteiger partial charge in [-0.15, -0.1) is 11.3 Å². The van der Waals surface area contributed by atoms with Gasteiger partial charge in [0.25, 0.3) is 15.9 Å². The number of sulfonamides is 1. The second kappa shape index (κ2) is 12.0. The zero-order valence-electron chi connectivity index (χ0n) is 22.9. The molecule has 1 aromatic carbocycles. The first kappa shape index (κ1) is 29.5. The van der Waals surface area contributed by atoms with E-state index in [0.717, 1.165) is 11.3 Å². The Hall–Kier alpha value is -3.46. The van der Waals surface area contributed by atoms with Crippen LogP contribution in [0.4, 0.5) is 16.2 Å². The van der Waals surface area contributed by atoms with Crippen LogP contribution < -0.4 is 15.4 Å². The van der Waals surface area contributed by atoms with Gasteiger partial charge in [0, 0.05) is 25.2 Å². The molecule has 3 aromatic rings. The van der Waals surface area contributed by atoms with Crippen molar-refractivity contribution in [2.45, 2.75) is 44.0 Å². The van der Waals surface area contributed by atoms with Crippen molar-refractivity contribution in [2.24, 2.45) is 5.92 Å². The lowest BCUT2D eigenvalue weighted by Crippen LogP contribution is -2.50. The zero-order chi connectivity index (χ0) is 29.2. The molecule has 0 spiro atoms. The van der Waals surface area contributed by atoms with E-state index in [0.29, 0.717) is 22.8 Å². The van der Waals surface area contributed by atoms with Crippen LogP contribution in [0.25, 0.3) is 0 Å². The second-order valence-electron chi connectivity index (χ2n) is 9.83. The molecule has 3 amide bonds. The SMILES string of the molecule is Cc1noc(C)c1NC(=O)Nc1ccc2c(c1)C(=O)N([C@H](C)CO)C[C@@H](C)[C@H](CN(C)S(=O)(=O)c1cccs1)O2. The number of aromatic nitrogens is 1. The van der Waals surface area contributed by atoms with E-state index in [2.05, 4.69) is 15.8 Å². The predicted molar refractivity (Wildman–Crippen MR) is 150 cm³/mol. The summed E-state index contributed by atoms with van der Waals surface area (Å²) < 4.78 is 39.0. The van der Waals surface area contributed by atoms with E-state index in [1.165, 1.54) is 17.4 Å². The summed E-state index contributed by atoms with van der Waals surface area (Å²) in [5.74, 6) is 0.0476. The molecule has 12 nitrogen and oxygen atoms in total. The highest BCUT2D eigenvalue weighted by molar-refractivity contribution is 7.91. The van der Waals surface area contributed by atoms with E-state index in [-0.39, 0.29) is 47.0 Å². The Balaban J connectivity index is 1.62. The van der Waals surface area contributed by atoms with E-state index >= 15 is 0 Å². The van der Waals surface area contributed by atoms with Crippen molar-refractivity contribution in [3.8, 4) is 5.75 Å². The van der Waals surface area contributed by atoms with Crippen LogP contribution in [0, 0.1) is 19.8 Å². The average molecular weight is 592 g/mol. The van der Waals surface area contributed by atoms with Gasteiger partial charge in [-0.2, -0.15) is 4.31 Å². The molecule has 1 aliphatic heterocycles. The monoisotopic (exact) mass is 591 g/mol. The molecule has 0 fully saturated rings. The van der Waals surface area contributed by atoms with Crippen LogP contribution in [-0.4, -0.2) is 78.7 Å². The highest BCUT2D eigenvalue weighted by atomic mass is 32.2. The molecular weight excluding hydrogens is 558 g/mol. The van der Waals surface area contributed by atoms with Gasteiger partial charge in [-0.05, 0) is 50.4 Å². The number of amides is 3. The van der Waals surface area contributed by atoms with Gasteiger partial charge in [0.2, 0.25) is 0 Å². The molecule has 14 heteroatoms. The molecule has 0 saturated carbocycles. The Morgan fingerprint density at radius 3 is 2.67 bits per heavy atom. The minimum Gasteiger partial charge on any atom is -0.488 e. The molecule has 1 aliphatic rings. The number of benzene rings is 1. The molecular formula is C26H33N5O7S2. The molecule has 3 N–H and O–H groups in total. The summed E-state index contributed by atoms with van der Waals surface area (Å²) in [5, 5.41) is 20.8. The lowest BCUT2D eigenvalue weighted by Gasteiger charge is -2.38. The number of carbonyl (C=O) groups is 2. The second-order valence-corrected chi connectivity index (χ2v) is 13.0. The van der Waals surface area contributed by atoms with Gasteiger partial charge in [-0.25, -0.2) is 13.2 Å². The van der Waals surface area contributed by atoms with Crippen LogP contribution in [0.15, 0.2) is 44.4 Å². The van der Waals surface area contributed by atoms with Gasteiger partial charge in [-0.3, -0.25) is 4.79 Å². The zero-order valence-corrected chi connectivity index (χ0v) is 24.5. The quantitative estimate of drug-likeness (QED) is 0.359. The van der Waals surface area contributed by atoms with Crippen LogP contribution in [0.3, 0.4) is 0 Å². The third-order valence-electron chi connectivity index (χ3n) is 6.79. The molecule has 0 aliphatic carbocycles. The van der Waals surface area contributed by atoms with Gasteiger partial charge in [-0.1, -0.05) is 18.1 Å². The largest absolute Gasteiger partial charge is 0.488 e. The summed E-state index contributed by atoms with van der Waals surface area (Å²) in [5.41, 5.74) is 1.48. The Bertz CT molecular complexity index is 1450. The minimum atomic E-state index is -3.72. The molecule has 40 heavy (non-hydrogen) atoms. The molecule has 4 rings (SSSR count). The number of anilines is 2. The summed E-state index contributed by atoms with van der Waals surface area (Å²) in [7, 11) is -2.23. The van der Waals surface area contributed by atoms with Crippen molar-refractivity contribution >= 4 is 44.7 Å². The van der Waals surface area contributed by atoms with Gasteiger partial charge < -0.3 is 29.9 Å². The molecule has 2 aromatic heterocycles. The summed E-state index contributed by atoms with van der Waals surface area (Å²) >= 11 is 1.13. The molecule has 216 valence electrons. The summed E-state index contributed by atoms with van der Waals surface area (Å²) in [4.78, 5) is 27.9. The number of nitrogens with one attached hydrogen (secondary N) is 2. The van der Waals surface area contributed by atoms with Crippen molar-refractivity contribution in [3.05, 3.63) is 52.7 Å². The Morgan fingerprint density at radius 2 is 2.05 bits per heavy atom. The molecule has 3 atom stereocenters. The van der Waals surface area contributed by atoms with Gasteiger partial charge in [0.05, 0.1) is 24.8 Å². The lowest BCUT2D eigenvalue weighted by atomic mass is 9.99. The number of fused-ring (bicyclic) bond motifs is 1. The Morgan fingerprint density at radius 1 is 1.30 bits per heavy atom. The van der Waals surface area contributed by atoms with Gasteiger partial charge >= 0.3 is 6.03 Å². The normalized spacial score (nSPS) is 18.5. The number of aryl methyl sites for hydroxylation is 2. The Labute approximate surface area is 237 Å². The van der Waals surface area contributed by atoms with E-state index in [4.69, 9.17) is 9.26 Å². The van der Waals surface area contributed by atoms with Crippen molar-refractivity contribution in [3.63, 3.8) is 0 Å². The molecule has 0 saturated heterocycles. The van der Waals surface area contributed by atoms with E-state index in [9.17, 15) is 23.1 Å². The first-order chi connectivity index (χ1) is 18.9. The maximum Gasteiger partial charge on any atom is 0.323 e. The summed E-state index contributed by atoms with van der Waals surface area (Å²) in [6.07, 6.45) is -0.610. The number of ether oxygens (including phenoxy) is 1. The Kier molecular flexibility index (Phi) is 8.83. The maximum atomic E-state index is 13.6. The summed E-state index contributed by atoms with van der Waals surface area (Å²) in [6.45, 7) is 6.98. The van der Waals surface area contributed by atoms with Crippen LogP contribution in [0.1, 0.15) is 35.7 Å². The standard InChI is InChI=1S/C26H33N5O7S2/c1-15-12-31(16(2)14-32)25(33)20-11-19(27-26(34)28-24-17(3)29-38-18(24)4)8-9-21(20)37-22(15)13-30(5)40(35,36)23-7-6-10-39-23/h6-11,15-16,22,32H,12-14H2,1-5H3,(H2,27,28,34)/t15-,16-,22+/m1/s1. The third-order valence-corrected chi connectivity index (χ3v) is 9.99. The maximum absolute atomic E-state index is 13.6. The number of aliphatic hydroxyl groups excluding tert-OH is 1.